The number of amides is 2. The van der Waals surface area contributed by atoms with Gasteiger partial charge in [-0.15, -0.1) is 0 Å². The zero-order chi connectivity index (χ0) is 18.7. The van der Waals surface area contributed by atoms with Gasteiger partial charge < -0.3 is 4.74 Å². The van der Waals surface area contributed by atoms with Crippen molar-refractivity contribution in [3.05, 3.63) is 75.1 Å². The number of anilines is 1. The Morgan fingerprint density at radius 3 is 2.58 bits per heavy atom. The van der Waals surface area contributed by atoms with Crippen molar-refractivity contribution in [1.82, 2.24) is 0 Å². The molecule has 7 heteroatoms. The molecule has 0 N–H and O–H groups in total. The second kappa shape index (κ2) is 8.12. The Balaban J connectivity index is 1.84. The topological polar surface area (TPSA) is 46.6 Å². The number of thioether (sulfide) groups is 1. The van der Waals surface area contributed by atoms with Crippen LogP contribution in [0.15, 0.2) is 64.5 Å². The maximum Gasteiger partial charge on any atom is 0.298 e. The number of carbonyl (C=O) groups is 2. The molecule has 1 aliphatic rings. The van der Waals surface area contributed by atoms with E-state index in [1.807, 2.05) is 12.1 Å². The Kier molecular flexibility index (Phi) is 5.86. The maximum absolute atomic E-state index is 12.6. The average molecular weight is 451 g/mol. The van der Waals surface area contributed by atoms with Crippen molar-refractivity contribution in [3.63, 3.8) is 0 Å². The summed E-state index contributed by atoms with van der Waals surface area (Å²) in [4.78, 5) is 26.4. The number of ether oxygens (including phenoxy) is 1. The third kappa shape index (κ3) is 4.03. The molecule has 0 bridgehead atoms. The van der Waals surface area contributed by atoms with Crippen molar-refractivity contribution in [2.75, 3.05) is 11.5 Å². The first-order chi connectivity index (χ1) is 12.5. The van der Waals surface area contributed by atoms with E-state index in [0.717, 1.165) is 26.7 Å². The summed E-state index contributed by atoms with van der Waals surface area (Å²) >= 11 is 10.2. The monoisotopic (exact) mass is 449 g/mol. The molecule has 0 atom stereocenters. The molecule has 0 saturated carbocycles. The molecule has 0 radical (unpaired) electrons. The molecular formula is C19H13BrClNO3S. The average Bonchev–Trinajstić information content (AvgIpc) is 2.89. The van der Waals surface area contributed by atoms with E-state index in [1.165, 1.54) is 0 Å². The van der Waals surface area contributed by atoms with Gasteiger partial charge >= 0.3 is 0 Å². The van der Waals surface area contributed by atoms with Gasteiger partial charge in [0.15, 0.2) is 0 Å². The highest BCUT2D eigenvalue weighted by Gasteiger charge is 2.36. The van der Waals surface area contributed by atoms with E-state index in [9.17, 15) is 9.59 Å². The van der Waals surface area contributed by atoms with Crippen LogP contribution >= 0.6 is 39.3 Å². The first kappa shape index (κ1) is 18.8. The maximum atomic E-state index is 12.6. The molecule has 1 fully saturated rings. The highest BCUT2D eigenvalue weighted by molar-refractivity contribution is 9.10. The van der Waals surface area contributed by atoms with Crippen LogP contribution in [-0.4, -0.2) is 17.8 Å². The molecule has 1 saturated heterocycles. The summed E-state index contributed by atoms with van der Waals surface area (Å²) in [6.45, 7) is 4.01. The number of hydrogen-bond acceptors (Lipinski definition) is 4. The van der Waals surface area contributed by atoms with Crippen molar-refractivity contribution >= 4 is 62.2 Å². The fourth-order valence-corrected chi connectivity index (χ4v) is 3.78. The van der Waals surface area contributed by atoms with Crippen molar-refractivity contribution in [3.8, 4) is 5.75 Å². The molecular weight excluding hydrogens is 438 g/mol. The van der Waals surface area contributed by atoms with Gasteiger partial charge in [0.05, 0.1) is 15.1 Å². The van der Waals surface area contributed by atoms with E-state index in [1.54, 1.807) is 42.5 Å². The molecule has 0 spiro atoms. The molecule has 0 aromatic heterocycles. The van der Waals surface area contributed by atoms with Gasteiger partial charge in [-0.3, -0.25) is 9.59 Å². The Labute approximate surface area is 168 Å². The van der Waals surface area contributed by atoms with Crippen LogP contribution in [-0.2, 0) is 4.79 Å². The van der Waals surface area contributed by atoms with Crippen LogP contribution < -0.4 is 9.64 Å². The lowest BCUT2D eigenvalue weighted by Gasteiger charge is -2.12. The lowest BCUT2D eigenvalue weighted by molar-refractivity contribution is -0.113. The molecule has 2 aromatic carbocycles. The Morgan fingerprint density at radius 2 is 1.92 bits per heavy atom. The highest BCUT2D eigenvalue weighted by atomic mass is 79.9. The third-order valence-electron chi connectivity index (χ3n) is 3.49. The van der Waals surface area contributed by atoms with Gasteiger partial charge in [-0.05, 0) is 75.7 Å². The van der Waals surface area contributed by atoms with Crippen molar-refractivity contribution in [2.24, 2.45) is 0 Å². The number of benzene rings is 2. The summed E-state index contributed by atoms with van der Waals surface area (Å²) in [5.74, 6) is 0.321. The second-order valence-corrected chi connectivity index (χ2v) is 7.57. The summed E-state index contributed by atoms with van der Waals surface area (Å²) in [6, 6.07) is 12.0. The van der Waals surface area contributed by atoms with E-state index in [4.69, 9.17) is 16.3 Å². The fourth-order valence-electron chi connectivity index (χ4n) is 2.30. The summed E-state index contributed by atoms with van der Waals surface area (Å²) in [5, 5.41) is 0.202. The lowest BCUT2D eigenvalue weighted by atomic mass is 10.2. The van der Waals surface area contributed by atoms with Crippen molar-refractivity contribution in [1.29, 1.82) is 0 Å². The van der Waals surface area contributed by atoms with Gasteiger partial charge in [-0.1, -0.05) is 30.3 Å². The molecule has 0 unspecified atom stereocenters. The van der Waals surface area contributed by atoms with Crippen molar-refractivity contribution < 1.29 is 14.3 Å². The summed E-state index contributed by atoms with van der Waals surface area (Å²) < 4.78 is 6.26. The van der Waals surface area contributed by atoms with Crippen molar-refractivity contribution in [2.45, 2.75) is 0 Å². The van der Waals surface area contributed by atoms with E-state index in [0.29, 0.717) is 28.0 Å². The molecule has 0 aliphatic carbocycles. The third-order valence-corrected chi connectivity index (χ3v) is 5.23. The zero-order valence-electron chi connectivity index (χ0n) is 13.4. The molecule has 132 valence electrons. The van der Waals surface area contributed by atoms with Crippen LogP contribution in [0.25, 0.3) is 6.08 Å². The molecule has 2 aromatic rings. The minimum Gasteiger partial charge on any atom is -0.488 e. The largest absolute Gasteiger partial charge is 0.488 e. The molecule has 1 heterocycles. The van der Waals surface area contributed by atoms with Gasteiger partial charge in [-0.2, -0.15) is 0 Å². The van der Waals surface area contributed by atoms with E-state index < -0.39 is 0 Å². The van der Waals surface area contributed by atoms with E-state index in [-0.39, 0.29) is 11.1 Å². The zero-order valence-corrected chi connectivity index (χ0v) is 16.6. The Morgan fingerprint density at radius 1 is 1.19 bits per heavy atom. The number of rotatable bonds is 5. The standard InChI is InChI=1S/C19H13BrClNO3S/c1-2-9-25-16-8-3-12(10-15(16)20)11-17-18(23)22(19(24)26-17)14-6-4-13(21)5-7-14/h2-8,10-11H,1,9H2/b17-11+. The molecule has 4 nitrogen and oxygen atoms in total. The predicted molar refractivity (Wildman–Crippen MR) is 110 cm³/mol. The van der Waals surface area contributed by atoms with Crippen LogP contribution in [0, 0.1) is 0 Å². The van der Waals surface area contributed by atoms with Gasteiger partial charge in [-0.25, -0.2) is 4.90 Å². The van der Waals surface area contributed by atoms with E-state index >= 15 is 0 Å². The van der Waals surface area contributed by atoms with Gasteiger partial charge in [0.2, 0.25) is 0 Å². The smallest absolute Gasteiger partial charge is 0.298 e. The number of imide groups is 1. The number of halogens is 2. The molecule has 2 amide bonds. The fraction of sp³-hybridized carbons (Fsp3) is 0.0526. The van der Waals surface area contributed by atoms with Crippen LogP contribution in [0.4, 0.5) is 10.5 Å². The van der Waals surface area contributed by atoms with Crippen LogP contribution in [0.5, 0.6) is 5.75 Å². The number of hydrogen-bond donors (Lipinski definition) is 0. The SMILES string of the molecule is C=CCOc1ccc(/C=C2/SC(=O)N(c3ccc(Cl)cc3)C2=O)cc1Br. The van der Waals surface area contributed by atoms with Gasteiger partial charge in [0.1, 0.15) is 12.4 Å². The normalized spacial score (nSPS) is 15.6. The van der Waals surface area contributed by atoms with Gasteiger partial charge in [0.25, 0.3) is 11.1 Å². The molecule has 3 rings (SSSR count). The first-order valence-corrected chi connectivity index (χ1v) is 9.55. The summed E-state index contributed by atoms with van der Waals surface area (Å²) in [7, 11) is 0. The number of nitrogens with zero attached hydrogens (tertiary/aromatic N) is 1. The minimum absolute atomic E-state index is 0.339. The van der Waals surface area contributed by atoms with Gasteiger partial charge in [0, 0.05) is 5.02 Å². The Bertz CT molecular complexity index is 912. The second-order valence-electron chi connectivity index (χ2n) is 5.28. The van der Waals surface area contributed by atoms with Crippen LogP contribution in [0.1, 0.15) is 5.56 Å². The minimum atomic E-state index is -0.356. The summed E-state index contributed by atoms with van der Waals surface area (Å²) in [6.07, 6.45) is 3.34. The van der Waals surface area contributed by atoms with E-state index in [2.05, 4.69) is 22.5 Å². The molecule has 1 aliphatic heterocycles. The Hall–Kier alpha value is -2.02. The first-order valence-electron chi connectivity index (χ1n) is 7.56. The number of carbonyl (C=O) groups excluding carboxylic acids is 2. The van der Waals surface area contributed by atoms with Crippen LogP contribution in [0.2, 0.25) is 5.02 Å². The quantitative estimate of drug-likeness (QED) is 0.420. The highest BCUT2D eigenvalue weighted by Crippen LogP contribution is 2.36. The molecule has 26 heavy (non-hydrogen) atoms. The lowest BCUT2D eigenvalue weighted by Crippen LogP contribution is -2.27. The summed E-state index contributed by atoms with van der Waals surface area (Å²) in [5.41, 5.74) is 1.28. The van der Waals surface area contributed by atoms with Crippen LogP contribution in [0.3, 0.4) is 0 Å². The predicted octanol–water partition coefficient (Wildman–Crippen LogP) is 5.91.